The first-order chi connectivity index (χ1) is 29.9. The van der Waals surface area contributed by atoms with Crippen molar-refractivity contribution < 1.29 is 87.1 Å². The van der Waals surface area contributed by atoms with Gasteiger partial charge in [0.15, 0.2) is 18.7 Å². The molecule has 2 saturated heterocycles. The second kappa shape index (κ2) is 30.2. The summed E-state index contributed by atoms with van der Waals surface area (Å²) in [4.78, 5) is 83.9. The van der Waals surface area contributed by atoms with Gasteiger partial charge in [0.25, 0.3) is 0 Å². The zero-order chi connectivity index (χ0) is 46.9. The summed E-state index contributed by atoms with van der Waals surface area (Å²) in [5.74, 6) is -4.14. The van der Waals surface area contributed by atoms with Gasteiger partial charge in [-0.25, -0.2) is 0 Å². The molecule has 0 aliphatic carbocycles. The van der Waals surface area contributed by atoms with E-state index in [4.69, 9.17) is 44.0 Å². The van der Waals surface area contributed by atoms with Crippen molar-refractivity contribution in [2.24, 2.45) is 11.7 Å². The molecule has 0 aromatic rings. The van der Waals surface area contributed by atoms with Crippen molar-refractivity contribution in [1.29, 1.82) is 0 Å². The highest BCUT2D eigenvalue weighted by Gasteiger charge is 2.48. The lowest BCUT2D eigenvalue weighted by atomic mass is 9.92. The van der Waals surface area contributed by atoms with Crippen LogP contribution in [-0.2, 0) is 66.7 Å². The first-order valence-corrected chi connectivity index (χ1v) is 21.7. The third-order valence-corrected chi connectivity index (χ3v) is 10.4. The second-order valence-electron chi connectivity index (χ2n) is 15.8. The summed E-state index contributed by atoms with van der Waals surface area (Å²) in [6.45, 7) is 5.49. The summed E-state index contributed by atoms with van der Waals surface area (Å²) >= 11 is 0. The largest absolute Gasteiger partial charge is 0.481 e. The number of carbonyl (C=O) groups is 7. The standard InChI is InChI=1S/C41H70N4O18/c1-24-37(60-26(3)48)38(61-27(4)49)29(22-46)62-40(24)57-20-12-8-15-31(50)43-18-11-7-14-28(39(56)44-19-10-5-6-17-33(52)53)45-32(51)16-9-13-21-58-41-34(42)36(55)35(54)30(63-41)23-59-25(2)47/h24,28-30,34-38,40-41,46,54-55H,5-23,42H2,1-4H3,(H,43,50)(H,44,56)(H,45,51)(H,52,53)/t24?,28-,29?,30?,34?,35?,36?,37?,38?,40?,41?/m1/s1. The van der Waals surface area contributed by atoms with Crippen molar-refractivity contribution in [3.8, 4) is 0 Å². The van der Waals surface area contributed by atoms with Gasteiger partial charge in [0.2, 0.25) is 17.7 Å². The van der Waals surface area contributed by atoms with Crippen LogP contribution in [0.5, 0.6) is 0 Å². The number of rotatable bonds is 30. The molecule has 2 aliphatic rings. The molecule has 22 nitrogen and oxygen atoms in total. The molecule has 0 spiro atoms. The molecule has 11 atom stereocenters. The molecule has 9 N–H and O–H groups in total. The molecule has 0 aromatic heterocycles. The predicted molar refractivity (Wildman–Crippen MR) is 219 cm³/mol. The van der Waals surface area contributed by atoms with E-state index in [0.717, 1.165) is 0 Å². The summed E-state index contributed by atoms with van der Waals surface area (Å²) in [5.41, 5.74) is 5.96. The van der Waals surface area contributed by atoms with Crippen LogP contribution in [0.2, 0.25) is 0 Å². The monoisotopic (exact) mass is 906 g/mol. The number of ether oxygens (including phenoxy) is 7. The van der Waals surface area contributed by atoms with Crippen molar-refractivity contribution in [1.82, 2.24) is 16.0 Å². The maximum Gasteiger partial charge on any atom is 0.303 e. The Morgan fingerprint density at radius 2 is 1.24 bits per heavy atom. The maximum absolute atomic E-state index is 13.1. The van der Waals surface area contributed by atoms with Gasteiger partial charge in [-0.2, -0.15) is 0 Å². The van der Waals surface area contributed by atoms with Crippen molar-refractivity contribution >= 4 is 41.6 Å². The highest BCUT2D eigenvalue weighted by atomic mass is 16.7. The topological polar surface area (TPSA) is 327 Å². The maximum atomic E-state index is 13.1. The highest BCUT2D eigenvalue weighted by molar-refractivity contribution is 5.87. The van der Waals surface area contributed by atoms with Crippen molar-refractivity contribution in [3.63, 3.8) is 0 Å². The summed E-state index contributed by atoms with van der Waals surface area (Å²) in [6, 6.07) is -1.92. The Kier molecular flexibility index (Phi) is 26.4. The zero-order valence-corrected chi connectivity index (χ0v) is 36.9. The van der Waals surface area contributed by atoms with Crippen LogP contribution in [0.25, 0.3) is 0 Å². The van der Waals surface area contributed by atoms with E-state index in [-0.39, 0.29) is 56.8 Å². The van der Waals surface area contributed by atoms with Gasteiger partial charge in [0, 0.05) is 72.3 Å². The average Bonchev–Trinajstić information content (AvgIpc) is 3.22. The molecule has 0 bridgehead atoms. The first-order valence-electron chi connectivity index (χ1n) is 21.7. The highest BCUT2D eigenvalue weighted by Crippen LogP contribution is 2.31. The molecule has 2 rings (SSSR count). The van der Waals surface area contributed by atoms with E-state index in [1.165, 1.54) is 20.8 Å². The SMILES string of the molecule is CC(=O)OCC1OC(OCCCCC(=O)N[C@H](CCCCNC(=O)CCCCOC2OC(CO)C(OC(C)=O)C(OC(C)=O)C2C)C(=O)NCCCCCC(=O)O)C(N)C(O)C1O. The molecule has 0 radical (unpaired) electrons. The Bertz CT molecular complexity index is 1440. The quantitative estimate of drug-likeness (QED) is 0.0255. The van der Waals surface area contributed by atoms with Gasteiger partial charge in [-0.1, -0.05) is 13.3 Å². The zero-order valence-electron chi connectivity index (χ0n) is 36.9. The van der Waals surface area contributed by atoms with Crippen LogP contribution in [0, 0.1) is 5.92 Å². The van der Waals surface area contributed by atoms with E-state index in [1.807, 2.05) is 0 Å². The van der Waals surface area contributed by atoms with Gasteiger partial charge in [0.05, 0.1) is 12.6 Å². The second-order valence-corrected chi connectivity index (χ2v) is 15.8. The Morgan fingerprint density at radius 1 is 0.667 bits per heavy atom. The molecule has 0 saturated carbocycles. The fourth-order valence-corrected chi connectivity index (χ4v) is 6.93. The minimum atomic E-state index is -1.39. The van der Waals surface area contributed by atoms with Crippen molar-refractivity contribution in [2.75, 3.05) is 39.5 Å². The van der Waals surface area contributed by atoms with Crippen molar-refractivity contribution in [3.05, 3.63) is 0 Å². The molecule has 22 heteroatoms. The number of hydrogen-bond acceptors (Lipinski definition) is 18. The lowest BCUT2D eigenvalue weighted by molar-refractivity contribution is -0.288. The number of aliphatic hydroxyl groups is 3. The molecule has 0 aromatic carbocycles. The molecule has 63 heavy (non-hydrogen) atoms. The number of esters is 3. The molecule has 2 fully saturated rings. The number of amides is 3. The molecule has 2 aliphatic heterocycles. The summed E-state index contributed by atoms with van der Waals surface area (Å²) < 4.78 is 38.5. The molecule has 2 heterocycles. The molecule has 10 unspecified atom stereocenters. The smallest absolute Gasteiger partial charge is 0.303 e. The van der Waals surface area contributed by atoms with E-state index in [9.17, 15) is 48.9 Å². The molecular formula is C41H70N4O18. The number of aliphatic carboxylic acids is 1. The van der Waals surface area contributed by atoms with Gasteiger partial charge in [0.1, 0.15) is 43.2 Å². The normalized spacial score (nSPS) is 26.2. The van der Waals surface area contributed by atoms with E-state index < -0.39 is 97.7 Å². The molecule has 3 amide bonds. The fourth-order valence-electron chi connectivity index (χ4n) is 6.93. The third kappa shape index (κ3) is 21.5. The van der Waals surface area contributed by atoms with Gasteiger partial charge in [-0.3, -0.25) is 33.6 Å². The van der Waals surface area contributed by atoms with Crippen LogP contribution in [0.15, 0.2) is 0 Å². The number of aliphatic hydroxyl groups excluding tert-OH is 3. The summed E-state index contributed by atoms with van der Waals surface area (Å²) in [5, 5.41) is 47.6. The number of hydrogen-bond donors (Lipinski definition) is 8. The first kappa shape index (κ1) is 55.1. The van der Waals surface area contributed by atoms with Crippen molar-refractivity contribution in [2.45, 2.75) is 172 Å². The van der Waals surface area contributed by atoms with E-state index in [1.54, 1.807) is 6.92 Å². The lowest BCUT2D eigenvalue weighted by Gasteiger charge is -2.43. The Balaban J connectivity index is 1.76. The van der Waals surface area contributed by atoms with Crippen LogP contribution < -0.4 is 21.7 Å². The van der Waals surface area contributed by atoms with Crippen LogP contribution in [0.1, 0.15) is 111 Å². The number of nitrogens with two attached hydrogens (primary N) is 1. The fraction of sp³-hybridized carbons (Fsp3) is 0.829. The number of carbonyl (C=O) groups excluding carboxylic acids is 6. The minimum Gasteiger partial charge on any atom is -0.481 e. The molecule has 362 valence electrons. The van der Waals surface area contributed by atoms with E-state index in [0.29, 0.717) is 77.3 Å². The summed E-state index contributed by atoms with van der Waals surface area (Å²) in [7, 11) is 0. The lowest BCUT2D eigenvalue weighted by Crippen LogP contribution is -2.62. The van der Waals surface area contributed by atoms with Crippen LogP contribution in [0.4, 0.5) is 0 Å². The Morgan fingerprint density at radius 3 is 1.86 bits per heavy atom. The average molecular weight is 907 g/mol. The van der Waals surface area contributed by atoms with Crippen LogP contribution in [0.3, 0.4) is 0 Å². The third-order valence-electron chi connectivity index (χ3n) is 10.4. The number of nitrogens with one attached hydrogen (secondary N) is 3. The number of carboxylic acid groups (broad SMARTS) is 1. The van der Waals surface area contributed by atoms with E-state index >= 15 is 0 Å². The van der Waals surface area contributed by atoms with Crippen LogP contribution in [-0.4, -0.2) is 163 Å². The minimum absolute atomic E-state index is 0.0363. The van der Waals surface area contributed by atoms with Crippen LogP contribution >= 0.6 is 0 Å². The Hall–Kier alpha value is -4.03. The number of unbranched alkanes of at least 4 members (excludes halogenated alkanes) is 5. The summed E-state index contributed by atoms with van der Waals surface area (Å²) in [6.07, 6.45) is -3.60. The predicted octanol–water partition coefficient (Wildman–Crippen LogP) is -0.553. The van der Waals surface area contributed by atoms with E-state index in [2.05, 4.69) is 16.0 Å². The number of carboxylic acids is 1. The Labute approximate surface area is 367 Å². The van der Waals surface area contributed by atoms with Gasteiger partial charge in [-0.15, -0.1) is 0 Å². The van der Waals surface area contributed by atoms with Gasteiger partial charge >= 0.3 is 23.9 Å². The van der Waals surface area contributed by atoms with Gasteiger partial charge < -0.3 is 75.3 Å². The molecular weight excluding hydrogens is 836 g/mol. The van der Waals surface area contributed by atoms with Gasteiger partial charge in [-0.05, 0) is 57.8 Å².